The molecule has 7 nitrogen and oxygen atoms in total. The molecule has 1 aliphatic rings. The number of pyridine rings is 1. The second-order valence-electron chi connectivity index (χ2n) is 8.63. The summed E-state index contributed by atoms with van der Waals surface area (Å²) in [6.07, 6.45) is 3.58. The lowest BCUT2D eigenvalue weighted by atomic mass is 10.1. The summed E-state index contributed by atoms with van der Waals surface area (Å²) >= 11 is 0. The maximum Gasteiger partial charge on any atom is 0.313 e. The zero-order valence-corrected chi connectivity index (χ0v) is 19.5. The van der Waals surface area contributed by atoms with E-state index in [2.05, 4.69) is 49.7 Å². The van der Waals surface area contributed by atoms with Crippen LogP contribution in [-0.4, -0.2) is 59.3 Å². The first-order chi connectivity index (χ1) is 16.6. The normalized spacial score (nSPS) is 15.4. The Labute approximate surface area is 200 Å². The third-order valence-corrected chi connectivity index (χ3v) is 6.10. The molecule has 0 unspecified atom stereocenters. The molecule has 4 rings (SSSR count). The molecule has 2 N–H and O–H groups in total. The molecule has 2 heterocycles. The minimum Gasteiger partial charge on any atom is -0.346 e. The Morgan fingerprint density at radius 2 is 1.74 bits per heavy atom. The molecule has 0 saturated carbocycles. The van der Waals surface area contributed by atoms with Gasteiger partial charge in [0, 0.05) is 57.3 Å². The van der Waals surface area contributed by atoms with Crippen molar-refractivity contribution in [3.63, 3.8) is 0 Å². The Kier molecular flexibility index (Phi) is 8.01. The van der Waals surface area contributed by atoms with E-state index in [4.69, 9.17) is 0 Å². The number of amides is 2. The summed E-state index contributed by atoms with van der Waals surface area (Å²) in [7, 11) is 0. The van der Waals surface area contributed by atoms with Crippen molar-refractivity contribution in [3.8, 4) is 0 Å². The first-order valence-corrected chi connectivity index (χ1v) is 11.6. The van der Waals surface area contributed by atoms with Crippen molar-refractivity contribution in [2.45, 2.75) is 19.5 Å². The number of hydrogen-bond donors (Lipinski definition) is 2. The van der Waals surface area contributed by atoms with Crippen molar-refractivity contribution < 1.29 is 9.59 Å². The number of anilines is 1. The van der Waals surface area contributed by atoms with Crippen LogP contribution in [0, 0.1) is 6.92 Å². The smallest absolute Gasteiger partial charge is 0.313 e. The lowest BCUT2D eigenvalue weighted by Crippen LogP contribution is -2.50. The topological polar surface area (TPSA) is 77.6 Å². The standard InChI is InChI=1S/C27H31N5O2/c1-21-7-5-11-24(17-21)30-27(34)26(33)29-19-25(23-10-6-12-28-18-23)32-15-13-31(14-16-32)20-22-8-3-2-4-9-22/h2-12,17-18,25H,13-16,19-20H2,1H3,(H,29,33)(H,30,34)/t25-/m1/s1. The van der Waals surface area contributed by atoms with Gasteiger partial charge in [0.1, 0.15) is 0 Å². The highest BCUT2D eigenvalue weighted by molar-refractivity contribution is 6.39. The summed E-state index contributed by atoms with van der Waals surface area (Å²) in [6, 6.07) is 21.7. The predicted octanol–water partition coefficient (Wildman–Crippen LogP) is 3.00. The highest BCUT2D eigenvalue weighted by Crippen LogP contribution is 2.22. The van der Waals surface area contributed by atoms with Gasteiger partial charge in [-0.25, -0.2) is 0 Å². The van der Waals surface area contributed by atoms with Gasteiger partial charge in [0.15, 0.2) is 0 Å². The third-order valence-electron chi connectivity index (χ3n) is 6.10. The number of aryl methyl sites for hydroxylation is 1. The molecule has 3 aromatic rings. The predicted molar refractivity (Wildman–Crippen MR) is 133 cm³/mol. The minimum absolute atomic E-state index is 0.0525. The summed E-state index contributed by atoms with van der Waals surface area (Å²) in [5.41, 5.74) is 3.96. The monoisotopic (exact) mass is 457 g/mol. The highest BCUT2D eigenvalue weighted by atomic mass is 16.2. The van der Waals surface area contributed by atoms with Crippen molar-refractivity contribution >= 4 is 17.5 Å². The van der Waals surface area contributed by atoms with Crippen molar-refractivity contribution in [3.05, 3.63) is 95.8 Å². The molecular weight excluding hydrogens is 426 g/mol. The molecule has 34 heavy (non-hydrogen) atoms. The van der Waals surface area contributed by atoms with Gasteiger partial charge in [0.2, 0.25) is 0 Å². The number of rotatable bonds is 7. The molecule has 2 aromatic carbocycles. The molecular formula is C27H31N5O2. The Balaban J connectivity index is 1.35. The van der Waals surface area contributed by atoms with Crippen LogP contribution < -0.4 is 10.6 Å². The first kappa shape index (κ1) is 23.6. The van der Waals surface area contributed by atoms with Crippen LogP contribution in [0.15, 0.2) is 79.1 Å². The van der Waals surface area contributed by atoms with Gasteiger partial charge in [-0.3, -0.25) is 24.4 Å². The second-order valence-corrected chi connectivity index (χ2v) is 8.63. The summed E-state index contributed by atoms with van der Waals surface area (Å²) in [6.45, 7) is 6.83. The molecule has 0 bridgehead atoms. The Morgan fingerprint density at radius 1 is 0.941 bits per heavy atom. The van der Waals surface area contributed by atoms with Crippen molar-refractivity contribution in [1.82, 2.24) is 20.1 Å². The zero-order chi connectivity index (χ0) is 23.8. The van der Waals surface area contributed by atoms with Gasteiger partial charge in [-0.05, 0) is 41.8 Å². The van der Waals surface area contributed by atoms with Gasteiger partial charge >= 0.3 is 11.8 Å². The molecule has 7 heteroatoms. The van der Waals surface area contributed by atoms with E-state index < -0.39 is 11.8 Å². The molecule has 1 saturated heterocycles. The number of aromatic nitrogens is 1. The van der Waals surface area contributed by atoms with Gasteiger partial charge in [-0.15, -0.1) is 0 Å². The molecule has 0 spiro atoms. The van der Waals surface area contributed by atoms with E-state index in [1.165, 1.54) is 5.56 Å². The molecule has 0 aliphatic carbocycles. The van der Waals surface area contributed by atoms with Crippen LogP contribution in [0.3, 0.4) is 0 Å². The summed E-state index contributed by atoms with van der Waals surface area (Å²) in [4.78, 5) is 34.0. The molecule has 176 valence electrons. The van der Waals surface area contributed by atoms with Crippen molar-refractivity contribution in [2.24, 2.45) is 0 Å². The second kappa shape index (κ2) is 11.5. The van der Waals surface area contributed by atoms with Crippen LogP contribution >= 0.6 is 0 Å². The van der Waals surface area contributed by atoms with Crippen molar-refractivity contribution in [1.29, 1.82) is 0 Å². The van der Waals surface area contributed by atoms with E-state index in [0.29, 0.717) is 12.2 Å². The van der Waals surface area contributed by atoms with Gasteiger partial charge in [-0.2, -0.15) is 0 Å². The van der Waals surface area contributed by atoms with Crippen LogP contribution in [0.1, 0.15) is 22.7 Å². The van der Waals surface area contributed by atoms with Crippen LogP contribution in [-0.2, 0) is 16.1 Å². The molecule has 1 aromatic heterocycles. The van der Waals surface area contributed by atoms with Gasteiger partial charge in [0.25, 0.3) is 0 Å². The van der Waals surface area contributed by atoms with Crippen molar-refractivity contribution in [2.75, 3.05) is 38.0 Å². The summed E-state index contributed by atoms with van der Waals surface area (Å²) in [5, 5.41) is 5.50. The van der Waals surface area contributed by atoms with E-state index in [9.17, 15) is 9.59 Å². The van der Waals surface area contributed by atoms with Gasteiger partial charge < -0.3 is 10.6 Å². The molecule has 1 aliphatic heterocycles. The molecule has 1 fully saturated rings. The van der Waals surface area contributed by atoms with Crippen LogP contribution in [0.25, 0.3) is 0 Å². The van der Waals surface area contributed by atoms with E-state index in [1.54, 1.807) is 12.3 Å². The van der Waals surface area contributed by atoms with Gasteiger partial charge in [0.05, 0.1) is 6.04 Å². The van der Waals surface area contributed by atoms with Crippen LogP contribution in [0.5, 0.6) is 0 Å². The number of hydrogen-bond acceptors (Lipinski definition) is 5. The summed E-state index contributed by atoms with van der Waals surface area (Å²) < 4.78 is 0. The molecule has 1 atom stereocenters. The fraction of sp³-hybridized carbons (Fsp3) is 0.296. The zero-order valence-electron chi connectivity index (χ0n) is 19.5. The molecule has 2 amide bonds. The largest absolute Gasteiger partial charge is 0.346 e. The fourth-order valence-electron chi connectivity index (χ4n) is 4.29. The lowest BCUT2D eigenvalue weighted by Gasteiger charge is -2.39. The minimum atomic E-state index is -0.664. The average Bonchev–Trinajstić information content (AvgIpc) is 2.86. The highest BCUT2D eigenvalue weighted by Gasteiger charge is 2.26. The Hall–Kier alpha value is -3.55. The van der Waals surface area contributed by atoms with E-state index in [-0.39, 0.29) is 6.04 Å². The summed E-state index contributed by atoms with van der Waals surface area (Å²) in [5.74, 6) is -1.30. The number of benzene rings is 2. The Morgan fingerprint density at radius 3 is 2.44 bits per heavy atom. The number of piperazine rings is 1. The van der Waals surface area contributed by atoms with Gasteiger partial charge in [-0.1, -0.05) is 48.5 Å². The van der Waals surface area contributed by atoms with E-state index in [1.807, 2.05) is 49.5 Å². The number of nitrogens with one attached hydrogen (secondary N) is 2. The number of carbonyl (C=O) groups excluding carboxylic acids is 2. The lowest BCUT2D eigenvalue weighted by molar-refractivity contribution is -0.136. The maximum absolute atomic E-state index is 12.5. The fourth-order valence-corrected chi connectivity index (χ4v) is 4.29. The first-order valence-electron chi connectivity index (χ1n) is 11.6. The Bertz CT molecular complexity index is 1080. The van der Waals surface area contributed by atoms with E-state index in [0.717, 1.165) is 43.9 Å². The SMILES string of the molecule is Cc1cccc(NC(=O)C(=O)NC[C@H](c2cccnc2)N2CCN(Cc3ccccc3)CC2)c1. The molecule has 0 radical (unpaired) electrons. The number of carbonyl (C=O) groups is 2. The maximum atomic E-state index is 12.5. The van der Waals surface area contributed by atoms with E-state index >= 15 is 0 Å². The van der Waals surface area contributed by atoms with Crippen LogP contribution in [0.2, 0.25) is 0 Å². The van der Waals surface area contributed by atoms with Crippen LogP contribution in [0.4, 0.5) is 5.69 Å². The quantitative estimate of drug-likeness (QED) is 0.534. The number of nitrogens with zero attached hydrogens (tertiary/aromatic N) is 3. The third kappa shape index (κ3) is 6.50. The average molecular weight is 458 g/mol.